The maximum Gasteiger partial charge on any atom is 0.135 e. The minimum Gasteiger partial charge on any atom is -0.492 e. The number of hydrogen-bond donors (Lipinski definition) is 0. The highest BCUT2D eigenvalue weighted by atomic mass is 32.2. The van der Waals surface area contributed by atoms with Crippen LogP contribution in [0.5, 0.6) is 11.5 Å². The molecule has 0 atom stereocenters. The van der Waals surface area contributed by atoms with Crippen LogP contribution in [0.1, 0.15) is 130 Å². The number of hydrogen-bond acceptors (Lipinski definition) is 4. The van der Waals surface area contributed by atoms with Gasteiger partial charge in [-0.3, -0.25) is 0 Å². The molecule has 44 heavy (non-hydrogen) atoms. The van der Waals surface area contributed by atoms with E-state index in [0.29, 0.717) is 0 Å². The van der Waals surface area contributed by atoms with Gasteiger partial charge in [-0.15, -0.1) is 0 Å². The molecular formula is C40H62O2S2. The van der Waals surface area contributed by atoms with Gasteiger partial charge in [0.2, 0.25) is 0 Å². The fraction of sp³-hybridized carbons (Fsp3) is 0.650. The van der Waals surface area contributed by atoms with Crippen LogP contribution in [0.2, 0.25) is 0 Å². The van der Waals surface area contributed by atoms with Crippen LogP contribution in [-0.2, 0) is 5.41 Å². The Balaban J connectivity index is 1.62. The Labute approximate surface area is 279 Å². The molecule has 0 spiro atoms. The van der Waals surface area contributed by atoms with Crippen molar-refractivity contribution in [2.75, 3.05) is 36.2 Å². The molecule has 4 heteroatoms. The number of unbranched alkanes of at least 4 members (excludes halogenated alkanes) is 10. The first-order valence-electron chi connectivity index (χ1n) is 17.9. The van der Waals surface area contributed by atoms with E-state index in [1.165, 1.54) is 110 Å². The molecule has 0 aliphatic heterocycles. The van der Waals surface area contributed by atoms with Crippen molar-refractivity contribution < 1.29 is 9.47 Å². The zero-order valence-corrected chi connectivity index (χ0v) is 30.4. The van der Waals surface area contributed by atoms with Crippen molar-refractivity contribution in [2.24, 2.45) is 0 Å². The molecule has 3 aromatic rings. The smallest absolute Gasteiger partial charge is 0.135 e. The fourth-order valence-electron chi connectivity index (χ4n) is 5.72. The number of fused-ring (bicyclic) bond motifs is 2. The van der Waals surface area contributed by atoms with Crippen molar-refractivity contribution in [1.29, 1.82) is 0 Å². The van der Waals surface area contributed by atoms with Crippen molar-refractivity contribution in [3.63, 3.8) is 0 Å². The lowest BCUT2D eigenvalue weighted by Crippen LogP contribution is -2.11. The maximum atomic E-state index is 6.67. The molecule has 3 aromatic carbocycles. The molecule has 0 aromatic heterocycles. The first-order valence-corrected chi connectivity index (χ1v) is 20.2. The summed E-state index contributed by atoms with van der Waals surface area (Å²) < 4.78 is 13.3. The van der Waals surface area contributed by atoms with Crippen LogP contribution in [0.3, 0.4) is 0 Å². The molecular weight excluding hydrogens is 577 g/mol. The normalized spacial score (nSPS) is 11.9. The first-order chi connectivity index (χ1) is 21.5. The van der Waals surface area contributed by atoms with Gasteiger partial charge in [0.05, 0.1) is 13.2 Å². The van der Waals surface area contributed by atoms with Crippen LogP contribution in [0, 0.1) is 0 Å². The Kier molecular flexibility index (Phi) is 17.9. The van der Waals surface area contributed by atoms with Gasteiger partial charge in [-0.05, 0) is 65.7 Å². The van der Waals surface area contributed by atoms with Gasteiger partial charge in [0.15, 0.2) is 0 Å². The van der Waals surface area contributed by atoms with E-state index in [-0.39, 0.29) is 5.41 Å². The summed E-state index contributed by atoms with van der Waals surface area (Å²) in [6, 6.07) is 15.6. The second kappa shape index (κ2) is 21.3. The van der Waals surface area contributed by atoms with Gasteiger partial charge in [-0.25, -0.2) is 0 Å². The van der Waals surface area contributed by atoms with Crippen molar-refractivity contribution in [2.45, 2.75) is 130 Å². The van der Waals surface area contributed by atoms with E-state index in [1.807, 2.05) is 0 Å². The van der Waals surface area contributed by atoms with Gasteiger partial charge in [-0.1, -0.05) is 135 Å². The molecule has 0 saturated heterocycles. The Hall–Kier alpha value is -1.52. The van der Waals surface area contributed by atoms with E-state index in [2.05, 4.69) is 101 Å². The van der Waals surface area contributed by atoms with Gasteiger partial charge in [0, 0.05) is 21.5 Å². The third-order valence-corrected chi connectivity index (χ3v) is 10.7. The van der Waals surface area contributed by atoms with Gasteiger partial charge in [0.25, 0.3) is 0 Å². The minimum atomic E-state index is 0.0680. The summed E-state index contributed by atoms with van der Waals surface area (Å²) in [5, 5.41) is 4.68. The third kappa shape index (κ3) is 12.7. The van der Waals surface area contributed by atoms with Crippen LogP contribution in [-0.4, -0.2) is 36.2 Å². The van der Waals surface area contributed by atoms with E-state index in [1.54, 1.807) is 0 Å². The van der Waals surface area contributed by atoms with Crippen LogP contribution >= 0.6 is 23.5 Å². The van der Waals surface area contributed by atoms with Gasteiger partial charge in [0.1, 0.15) is 11.5 Å². The molecule has 0 heterocycles. The number of ether oxygens (including phenoxy) is 2. The fourth-order valence-corrected chi connectivity index (χ4v) is 7.59. The predicted molar refractivity (Wildman–Crippen MR) is 202 cm³/mol. The lowest BCUT2D eigenvalue weighted by molar-refractivity contribution is 0.320. The zero-order chi connectivity index (χ0) is 31.5. The SMILES string of the molecule is CCCCCCCCSCCCOc1c2ccccc2c(OCCCSCCCCCCCC)c2cc(C(C)(C)C)ccc12. The lowest BCUT2D eigenvalue weighted by Gasteiger charge is -2.22. The molecule has 0 aliphatic rings. The summed E-state index contributed by atoms with van der Waals surface area (Å²) in [5.74, 6) is 6.91. The second-order valence-electron chi connectivity index (χ2n) is 13.4. The van der Waals surface area contributed by atoms with Crippen LogP contribution in [0.4, 0.5) is 0 Å². The van der Waals surface area contributed by atoms with Crippen molar-refractivity contribution >= 4 is 45.1 Å². The van der Waals surface area contributed by atoms with E-state index in [4.69, 9.17) is 9.47 Å². The Morgan fingerprint density at radius 2 is 0.932 bits per heavy atom. The van der Waals surface area contributed by atoms with E-state index in [9.17, 15) is 0 Å². The second-order valence-corrected chi connectivity index (χ2v) is 15.8. The molecule has 3 rings (SSSR count). The highest BCUT2D eigenvalue weighted by molar-refractivity contribution is 7.99. The topological polar surface area (TPSA) is 18.5 Å². The molecule has 0 unspecified atom stereocenters. The summed E-state index contributed by atoms with van der Waals surface area (Å²) in [6.07, 6.45) is 18.6. The van der Waals surface area contributed by atoms with E-state index in [0.717, 1.165) is 54.4 Å². The van der Waals surface area contributed by atoms with Crippen LogP contribution < -0.4 is 9.47 Å². The van der Waals surface area contributed by atoms with Crippen LogP contribution in [0.25, 0.3) is 21.5 Å². The van der Waals surface area contributed by atoms with E-state index < -0.39 is 0 Å². The highest BCUT2D eigenvalue weighted by Gasteiger charge is 2.20. The molecule has 0 saturated carbocycles. The van der Waals surface area contributed by atoms with Crippen LogP contribution in [0.15, 0.2) is 42.5 Å². The molecule has 0 aliphatic carbocycles. The highest BCUT2D eigenvalue weighted by Crippen LogP contribution is 2.44. The monoisotopic (exact) mass is 638 g/mol. The van der Waals surface area contributed by atoms with Crippen molar-refractivity contribution in [1.82, 2.24) is 0 Å². The summed E-state index contributed by atoms with van der Waals surface area (Å²) in [7, 11) is 0. The molecule has 0 bridgehead atoms. The summed E-state index contributed by atoms with van der Waals surface area (Å²) in [5.41, 5.74) is 1.40. The average molecular weight is 639 g/mol. The van der Waals surface area contributed by atoms with Gasteiger partial charge in [-0.2, -0.15) is 23.5 Å². The summed E-state index contributed by atoms with van der Waals surface area (Å²) in [6.45, 7) is 12.9. The predicted octanol–water partition coefficient (Wildman–Crippen LogP) is 13.0. The van der Waals surface area contributed by atoms with Crippen molar-refractivity contribution in [3.05, 3.63) is 48.0 Å². The number of benzene rings is 3. The Morgan fingerprint density at radius 1 is 0.500 bits per heavy atom. The van der Waals surface area contributed by atoms with Gasteiger partial charge < -0.3 is 9.47 Å². The zero-order valence-electron chi connectivity index (χ0n) is 28.8. The molecule has 0 radical (unpaired) electrons. The first kappa shape index (κ1) is 36.9. The standard InChI is InChI=1S/C40H62O2S2/c1-6-8-10-12-14-18-28-43-30-20-26-41-38-34-22-16-17-23-35(34)39(37-32-33(40(3,4)5)24-25-36(37)38)42-27-21-31-44-29-19-15-13-11-9-7-2/h16-17,22-25,32H,6-15,18-21,26-31H2,1-5H3. The molecule has 0 fully saturated rings. The molecule has 0 amide bonds. The Bertz CT molecular complexity index is 1200. The molecule has 0 N–H and O–H groups in total. The average Bonchev–Trinajstić information content (AvgIpc) is 3.02. The minimum absolute atomic E-state index is 0.0680. The number of rotatable bonds is 24. The lowest BCUT2D eigenvalue weighted by atomic mass is 9.85. The third-order valence-electron chi connectivity index (χ3n) is 8.43. The molecule has 2 nitrogen and oxygen atoms in total. The number of thioether (sulfide) groups is 2. The summed E-state index contributed by atoms with van der Waals surface area (Å²) in [4.78, 5) is 0. The maximum absolute atomic E-state index is 6.67. The summed E-state index contributed by atoms with van der Waals surface area (Å²) >= 11 is 4.17. The van der Waals surface area contributed by atoms with Crippen molar-refractivity contribution in [3.8, 4) is 11.5 Å². The van der Waals surface area contributed by atoms with Gasteiger partial charge >= 0.3 is 0 Å². The van der Waals surface area contributed by atoms with E-state index >= 15 is 0 Å². The largest absolute Gasteiger partial charge is 0.492 e. The Morgan fingerprint density at radius 3 is 1.43 bits per heavy atom. The quantitative estimate of drug-likeness (QED) is 0.0717. The molecule has 246 valence electrons.